The second kappa shape index (κ2) is 5.78. The molecule has 7 nitrogen and oxygen atoms in total. The van der Waals surface area contributed by atoms with E-state index in [0.29, 0.717) is 6.54 Å². The van der Waals surface area contributed by atoms with E-state index >= 15 is 0 Å². The lowest BCUT2D eigenvalue weighted by Crippen LogP contribution is -2.43. The largest absolute Gasteiger partial charge is 0.282 e. The molecule has 2 aliphatic rings. The molecule has 0 bridgehead atoms. The molecular formula is C18H15N3O4. The van der Waals surface area contributed by atoms with Crippen molar-refractivity contribution in [2.75, 3.05) is 13.2 Å². The molecule has 0 fully saturated rings. The van der Waals surface area contributed by atoms with Crippen LogP contribution in [0.2, 0.25) is 0 Å². The van der Waals surface area contributed by atoms with Gasteiger partial charge in [-0.25, -0.2) is 0 Å². The number of hydrogen-bond donors (Lipinski definition) is 0. The van der Waals surface area contributed by atoms with Crippen LogP contribution in [0.4, 0.5) is 5.69 Å². The van der Waals surface area contributed by atoms with Crippen molar-refractivity contribution in [1.82, 2.24) is 9.80 Å². The molecule has 0 saturated heterocycles. The van der Waals surface area contributed by atoms with Crippen LogP contribution < -0.4 is 0 Å². The first kappa shape index (κ1) is 15.5. The van der Waals surface area contributed by atoms with Crippen LogP contribution in [0.25, 0.3) is 0 Å². The summed E-state index contributed by atoms with van der Waals surface area (Å²) in [5.41, 5.74) is 2.14. The maximum absolute atomic E-state index is 12.6. The second-order valence-corrected chi connectivity index (χ2v) is 6.21. The SMILES string of the molecule is O=C1c2cccc([N+](=O)[O-])c2C(=O)N1CN1CCc2ccccc2C1. The number of imide groups is 1. The summed E-state index contributed by atoms with van der Waals surface area (Å²) in [4.78, 5) is 38.8. The molecule has 7 heteroatoms. The van der Waals surface area contributed by atoms with Gasteiger partial charge in [0.25, 0.3) is 17.5 Å². The highest BCUT2D eigenvalue weighted by atomic mass is 16.6. The van der Waals surface area contributed by atoms with Crippen LogP contribution in [0, 0.1) is 10.1 Å². The van der Waals surface area contributed by atoms with Gasteiger partial charge in [0.05, 0.1) is 17.2 Å². The normalized spacial score (nSPS) is 16.7. The van der Waals surface area contributed by atoms with Crippen LogP contribution in [0.1, 0.15) is 31.8 Å². The third-order valence-corrected chi connectivity index (χ3v) is 4.72. The Morgan fingerprint density at radius 1 is 1.00 bits per heavy atom. The molecule has 0 atom stereocenters. The van der Waals surface area contributed by atoms with Gasteiger partial charge in [0, 0.05) is 19.2 Å². The van der Waals surface area contributed by atoms with E-state index in [-0.39, 0.29) is 23.5 Å². The highest BCUT2D eigenvalue weighted by Crippen LogP contribution is 2.31. The van der Waals surface area contributed by atoms with Crippen molar-refractivity contribution in [3.8, 4) is 0 Å². The van der Waals surface area contributed by atoms with Crippen molar-refractivity contribution in [3.05, 3.63) is 74.8 Å². The van der Waals surface area contributed by atoms with Gasteiger partial charge in [0.1, 0.15) is 5.56 Å². The first-order chi connectivity index (χ1) is 12.1. The first-order valence-electron chi connectivity index (χ1n) is 7.99. The lowest BCUT2D eigenvalue weighted by Gasteiger charge is -2.31. The standard InChI is InChI=1S/C18H15N3O4/c22-17-14-6-3-7-15(21(24)25)16(14)18(23)20(17)11-19-9-8-12-4-1-2-5-13(12)10-19/h1-7H,8-11H2. The average molecular weight is 337 g/mol. The minimum atomic E-state index is -0.620. The summed E-state index contributed by atoms with van der Waals surface area (Å²) in [6, 6.07) is 12.2. The summed E-state index contributed by atoms with van der Waals surface area (Å²) in [6.45, 7) is 1.51. The van der Waals surface area contributed by atoms with Crippen LogP contribution in [-0.4, -0.2) is 39.8 Å². The van der Waals surface area contributed by atoms with E-state index in [4.69, 9.17) is 0 Å². The molecule has 0 radical (unpaired) electrons. The molecule has 0 aliphatic carbocycles. The maximum Gasteiger partial charge on any atom is 0.282 e. The van der Waals surface area contributed by atoms with Crippen LogP contribution in [-0.2, 0) is 13.0 Å². The van der Waals surface area contributed by atoms with Gasteiger partial charge in [0.2, 0.25) is 0 Å². The number of nitro benzene ring substituents is 1. The molecule has 126 valence electrons. The number of fused-ring (bicyclic) bond motifs is 2. The minimum absolute atomic E-state index is 0.102. The molecule has 0 saturated carbocycles. The third-order valence-electron chi connectivity index (χ3n) is 4.72. The summed E-state index contributed by atoms with van der Waals surface area (Å²) < 4.78 is 0. The number of carbonyl (C=O) groups excluding carboxylic acids is 2. The zero-order valence-corrected chi connectivity index (χ0v) is 13.3. The number of nitrogens with zero attached hydrogens (tertiary/aromatic N) is 3. The van der Waals surface area contributed by atoms with E-state index in [1.54, 1.807) is 0 Å². The fraction of sp³-hybridized carbons (Fsp3) is 0.222. The van der Waals surface area contributed by atoms with Gasteiger partial charge in [-0.2, -0.15) is 0 Å². The fourth-order valence-corrected chi connectivity index (χ4v) is 3.47. The molecule has 2 amide bonds. The number of amides is 2. The molecule has 2 aromatic carbocycles. The van der Waals surface area contributed by atoms with Crippen LogP contribution in [0.5, 0.6) is 0 Å². The van der Waals surface area contributed by atoms with Gasteiger partial charge in [-0.15, -0.1) is 0 Å². The van der Waals surface area contributed by atoms with Gasteiger partial charge in [-0.05, 0) is 23.6 Å². The molecule has 0 aromatic heterocycles. The average Bonchev–Trinajstić information content (AvgIpc) is 2.86. The molecule has 4 rings (SSSR count). The summed E-state index contributed by atoms with van der Waals surface area (Å²) in [5.74, 6) is -1.06. The number of hydrogen-bond acceptors (Lipinski definition) is 5. The van der Waals surface area contributed by atoms with Crippen molar-refractivity contribution >= 4 is 17.5 Å². The van der Waals surface area contributed by atoms with Crippen LogP contribution >= 0.6 is 0 Å². The Morgan fingerprint density at radius 3 is 2.52 bits per heavy atom. The van der Waals surface area contributed by atoms with E-state index in [1.807, 2.05) is 23.1 Å². The highest BCUT2D eigenvalue weighted by molar-refractivity contribution is 6.23. The smallest absolute Gasteiger partial charge is 0.281 e. The Bertz CT molecular complexity index is 909. The predicted molar refractivity (Wildman–Crippen MR) is 89.0 cm³/mol. The van der Waals surface area contributed by atoms with Crippen molar-refractivity contribution in [3.63, 3.8) is 0 Å². The predicted octanol–water partition coefficient (Wildman–Crippen LogP) is 2.21. The highest BCUT2D eigenvalue weighted by Gasteiger charge is 2.41. The Balaban J connectivity index is 1.59. The van der Waals surface area contributed by atoms with E-state index in [1.165, 1.54) is 29.3 Å². The summed E-state index contributed by atoms with van der Waals surface area (Å²) >= 11 is 0. The van der Waals surface area contributed by atoms with Gasteiger partial charge in [-0.3, -0.25) is 29.5 Å². The van der Waals surface area contributed by atoms with Crippen molar-refractivity contribution in [2.24, 2.45) is 0 Å². The molecule has 2 heterocycles. The molecule has 0 spiro atoms. The van der Waals surface area contributed by atoms with Crippen molar-refractivity contribution in [1.29, 1.82) is 0 Å². The first-order valence-corrected chi connectivity index (χ1v) is 7.99. The van der Waals surface area contributed by atoms with Gasteiger partial charge in [0.15, 0.2) is 0 Å². The van der Waals surface area contributed by atoms with Crippen molar-refractivity contribution < 1.29 is 14.5 Å². The Kier molecular flexibility index (Phi) is 3.58. The third kappa shape index (κ3) is 2.49. The second-order valence-electron chi connectivity index (χ2n) is 6.21. The van der Waals surface area contributed by atoms with E-state index in [2.05, 4.69) is 6.07 Å². The van der Waals surface area contributed by atoms with Gasteiger partial charge < -0.3 is 0 Å². The quantitative estimate of drug-likeness (QED) is 0.487. The van der Waals surface area contributed by atoms with E-state index in [0.717, 1.165) is 17.9 Å². The lowest BCUT2D eigenvalue weighted by molar-refractivity contribution is -0.385. The monoisotopic (exact) mass is 337 g/mol. The van der Waals surface area contributed by atoms with E-state index in [9.17, 15) is 19.7 Å². The maximum atomic E-state index is 12.6. The zero-order valence-electron chi connectivity index (χ0n) is 13.3. The molecule has 2 aromatic rings. The zero-order chi connectivity index (χ0) is 17.6. The van der Waals surface area contributed by atoms with Gasteiger partial charge in [-0.1, -0.05) is 30.3 Å². The molecule has 25 heavy (non-hydrogen) atoms. The Labute approximate surface area is 143 Å². The fourth-order valence-electron chi connectivity index (χ4n) is 3.47. The molecule has 0 N–H and O–H groups in total. The number of nitro groups is 1. The topological polar surface area (TPSA) is 83.8 Å². The van der Waals surface area contributed by atoms with Crippen LogP contribution in [0.3, 0.4) is 0 Å². The molecular weight excluding hydrogens is 322 g/mol. The summed E-state index contributed by atoms with van der Waals surface area (Å²) in [6.07, 6.45) is 0.847. The Hall–Kier alpha value is -3.06. The van der Waals surface area contributed by atoms with Crippen LogP contribution in [0.15, 0.2) is 42.5 Å². The number of rotatable bonds is 3. The summed E-state index contributed by atoms with van der Waals surface area (Å²) in [7, 11) is 0. The number of carbonyl (C=O) groups is 2. The van der Waals surface area contributed by atoms with Crippen molar-refractivity contribution in [2.45, 2.75) is 13.0 Å². The Morgan fingerprint density at radius 2 is 1.76 bits per heavy atom. The molecule has 0 unspecified atom stereocenters. The summed E-state index contributed by atoms with van der Waals surface area (Å²) in [5, 5.41) is 11.2. The van der Waals surface area contributed by atoms with E-state index < -0.39 is 16.7 Å². The minimum Gasteiger partial charge on any atom is -0.281 e. The lowest BCUT2D eigenvalue weighted by atomic mass is 10.0. The van der Waals surface area contributed by atoms with Gasteiger partial charge >= 0.3 is 0 Å². The number of benzene rings is 2. The molecule has 2 aliphatic heterocycles.